The summed E-state index contributed by atoms with van der Waals surface area (Å²) in [7, 11) is -3.90. The number of nitrogens with two attached hydrogens (primary N) is 1. The van der Waals surface area contributed by atoms with Gasteiger partial charge in [-0.15, -0.1) is 0 Å². The Balaban J connectivity index is 2.24. The van der Waals surface area contributed by atoms with Gasteiger partial charge in [-0.3, -0.25) is 0 Å². The van der Waals surface area contributed by atoms with E-state index in [-0.39, 0.29) is 23.9 Å². The van der Waals surface area contributed by atoms with Crippen LogP contribution < -0.4 is 10.5 Å². The van der Waals surface area contributed by atoms with Gasteiger partial charge in [0, 0.05) is 6.54 Å². The lowest BCUT2D eigenvalue weighted by Gasteiger charge is -2.09. The van der Waals surface area contributed by atoms with Crippen molar-refractivity contribution in [2.24, 2.45) is 5.73 Å². The third kappa shape index (κ3) is 3.46. The van der Waals surface area contributed by atoms with E-state index in [1.807, 2.05) is 0 Å². The van der Waals surface area contributed by atoms with E-state index in [1.54, 1.807) is 13.8 Å². The van der Waals surface area contributed by atoms with Crippen molar-refractivity contribution in [2.45, 2.75) is 31.8 Å². The Morgan fingerprint density at radius 2 is 2.10 bits per heavy atom. The molecule has 0 aliphatic heterocycles. The number of aryl methyl sites for hydroxylation is 2. The zero-order valence-corrected chi connectivity index (χ0v) is 12.5. The number of aromatic nitrogens is 1. The Hall–Kier alpha value is -1.77. The van der Waals surface area contributed by atoms with Crippen LogP contribution in [0.5, 0.6) is 0 Å². The van der Waals surface area contributed by atoms with Gasteiger partial charge >= 0.3 is 0 Å². The quantitative estimate of drug-likeness (QED) is 0.868. The van der Waals surface area contributed by atoms with Gasteiger partial charge in [-0.05, 0) is 31.5 Å². The first-order chi connectivity index (χ1) is 9.83. The molecule has 0 saturated heterocycles. The fourth-order valence-corrected chi connectivity index (χ4v) is 3.03. The summed E-state index contributed by atoms with van der Waals surface area (Å²) >= 11 is 0. The fourth-order valence-electron chi connectivity index (χ4n) is 1.80. The van der Waals surface area contributed by atoms with E-state index in [2.05, 4.69) is 9.71 Å². The molecule has 21 heavy (non-hydrogen) atoms. The van der Waals surface area contributed by atoms with Gasteiger partial charge in [0.25, 0.3) is 0 Å². The van der Waals surface area contributed by atoms with Crippen molar-refractivity contribution in [3.05, 3.63) is 46.9 Å². The highest BCUT2D eigenvalue weighted by Crippen LogP contribution is 2.17. The number of oxazole rings is 1. The first-order valence-corrected chi connectivity index (χ1v) is 7.73. The van der Waals surface area contributed by atoms with Crippen molar-refractivity contribution in [2.75, 3.05) is 0 Å². The van der Waals surface area contributed by atoms with Crippen molar-refractivity contribution in [1.82, 2.24) is 9.71 Å². The lowest BCUT2D eigenvalue weighted by Crippen LogP contribution is -2.25. The Bertz CT molecular complexity index is 737. The van der Waals surface area contributed by atoms with Gasteiger partial charge in [0.1, 0.15) is 11.6 Å². The molecule has 8 heteroatoms. The van der Waals surface area contributed by atoms with E-state index in [9.17, 15) is 12.8 Å². The van der Waals surface area contributed by atoms with Crippen LogP contribution >= 0.6 is 0 Å². The minimum atomic E-state index is -3.90. The van der Waals surface area contributed by atoms with Crippen molar-refractivity contribution in [3.63, 3.8) is 0 Å². The summed E-state index contributed by atoms with van der Waals surface area (Å²) in [5.41, 5.74) is 6.51. The van der Waals surface area contributed by atoms with Crippen LogP contribution in [0, 0.1) is 19.7 Å². The highest BCUT2D eigenvalue weighted by atomic mass is 32.2. The Morgan fingerprint density at radius 3 is 2.67 bits per heavy atom. The standard InChI is InChI=1S/C13H16FN3O3S/c1-8-9(2)20-13(17-8)7-16-21(18,19)12-5-11(14)4-3-10(12)6-15/h3-5,16H,6-7,15H2,1-2H3. The monoisotopic (exact) mass is 313 g/mol. The van der Waals surface area contributed by atoms with Gasteiger partial charge in [0.15, 0.2) is 0 Å². The molecule has 3 N–H and O–H groups in total. The molecule has 2 aromatic rings. The molecule has 2 rings (SSSR count). The second-order valence-corrected chi connectivity index (χ2v) is 6.27. The second kappa shape index (κ2) is 5.92. The molecule has 0 aliphatic rings. The van der Waals surface area contributed by atoms with Crippen LogP contribution in [0.2, 0.25) is 0 Å². The summed E-state index contributed by atoms with van der Waals surface area (Å²) in [6.07, 6.45) is 0. The lowest BCUT2D eigenvalue weighted by atomic mass is 10.2. The van der Waals surface area contributed by atoms with Crippen LogP contribution in [-0.2, 0) is 23.1 Å². The van der Waals surface area contributed by atoms with Crippen molar-refractivity contribution in [3.8, 4) is 0 Å². The molecule has 0 radical (unpaired) electrons. The molecule has 0 saturated carbocycles. The summed E-state index contributed by atoms with van der Waals surface area (Å²) < 4.78 is 45.3. The van der Waals surface area contributed by atoms with Gasteiger partial charge in [0.2, 0.25) is 15.9 Å². The molecular formula is C13H16FN3O3S. The summed E-state index contributed by atoms with van der Waals surface area (Å²) in [6.45, 7) is 3.38. The summed E-state index contributed by atoms with van der Waals surface area (Å²) in [4.78, 5) is 3.90. The number of nitrogens with one attached hydrogen (secondary N) is 1. The highest BCUT2D eigenvalue weighted by molar-refractivity contribution is 7.89. The summed E-state index contributed by atoms with van der Waals surface area (Å²) in [6, 6.07) is 3.46. The number of hydrogen-bond acceptors (Lipinski definition) is 5. The largest absolute Gasteiger partial charge is 0.444 e. The predicted molar refractivity (Wildman–Crippen MR) is 74.3 cm³/mol. The van der Waals surface area contributed by atoms with Gasteiger partial charge in [-0.1, -0.05) is 6.07 Å². The third-order valence-electron chi connectivity index (χ3n) is 3.02. The van der Waals surface area contributed by atoms with E-state index in [0.717, 1.165) is 6.07 Å². The molecule has 1 aromatic heterocycles. The minimum absolute atomic E-state index is 0.00621. The van der Waals surface area contributed by atoms with Crippen LogP contribution in [0.3, 0.4) is 0 Å². The van der Waals surface area contributed by atoms with Crippen molar-refractivity contribution < 1.29 is 17.2 Å². The van der Waals surface area contributed by atoms with Crippen LogP contribution in [0.4, 0.5) is 4.39 Å². The van der Waals surface area contributed by atoms with Crippen LogP contribution in [-0.4, -0.2) is 13.4 Å². The minimum Gasteiger partial charge on any atom is -0.444 e. The summed E-state index contributed by atoms with van der Waals surface area (Å²) in [5.74, 6) is 0.229. The number of rotatable bonds is 5. The molecule has 0 spiro atoms. The number of halogens is 1. The van der Waals surface area contributed by atoms with Gasteiger partial charge < -0.3 is 10.2 Å². The number of sulfonamides is 1. The smallest absolute Gasteiger partial charge is 0.241 e. The van der Waals surface area contributed by atoms with E-state index >= 15 is 0 Å². The summed E-state index contributed by atoms with van der Waals surface area (Å²) in [5, 5.41) is 0. The van der Waals surface area contributed by atoms with Crippen LogP contribution in [0.1, 0.15) is 22.9 Å². The number of nitrogens with zero attached hydrogens (tertiary/aromatic N) is 1. The first kappa shape index (κ1) is 15.6. The fraction of sp³-hybridized carbons (Fsp3) is 0.308. The molecule has 6 nitrogen and oxygen atoms in total. The topological polar surface area (TPSA) is 98.2 Å². The maximum absolute atomic E-state index is 13.3. The third-order valence-corrected chi connectivity index (χ3v) is 4.51. The average molecular weight is 313 g/mol. The highest BCUT2D eigenvalue weighted by Gasteiger charge is 2.19. The van der Waals surface area contributed by atoms with Gasteiger partial charge in [0.05, 0.1) is 17.1 Å². The molecule has 0 unspecified atom stereocenters. The van der Waals surface area contributed by atoms with E-state index in [4.69, 9.17) is 10.2 Å². The predicted octanol–water partition coefficient (Wildman–Crippen LogP) is 1.37. The molecule has 0 aliphatic carbocycles. The maximum Gasteiger partial charge on any atom is 0.241 e. The normalized spacial score (nSPS) is 11.8. The van der Waals surface area contributed by atoms with E-state index < -0.39 is 15.8 Å². The molecule has 0 amide bonds. The van der Waals surface area contributed by atoms with Gasteiger partial charge in [-0.25, -0.2) is 22.5 Å². The molecule has 114 valence electrons. The van der Waals surface area contributed by atoms with Crippen molar-refractivity contribution in [1.29, 1.82) is 0 Å². The number of hydrogen-bond donors (Lipinski definition) is 2. The zero-order valence-electron chi connectivity index (χ0n) is 11.7. The number of benzene rings is 1. The average Bonchev–Trinajstić information content (AvgIpc) is 2.76. The first-order valence-electron chi connectivity index (χ1n) is 6.24. The molecular weight excluding hydrogens is 297 g/mol. The second-order valence-electron chi connectivity index (χ2n) is 4.53. The Morgan fingerprint density at radius 1 is 1.38 bits per heavy atom. The molecule has 0 fully saturated rings. The van der Waals surface area contributed by atoms with Crippen LogP contribution in [0.15, 0.2) is 27.5 Å². The maximum atomic E-state index is 13.3. The Kier molecular flexibility index (Phi) is 4.40. The van der Waals surface area contributed by atoms with Gasteiger partial charge in [-0.2, -0.15) is 0 Å². The molecule has 0 bridgehead atoms. The molecule has 1 heterocycles. The van der Waals surface area contributed by atoms with Crippen molar-refractivity contribution >= 4 is 10.0 Å². The SMILES string of the molecule is Cc1nc(CNS(=O)(=O)c2cc(F)ccc2CN)oc1C. The Labute approximate surface area is 122 Å². The lowest BCUT2D eigenvalue weighted by molar-refractivity contribution is 0.463. The van der Waals surface area contributed by atoms with E-state index in [1.165, 1.54) is 12.1 Å². The zero-order chi connectivity index (χ0) is 15.6. The van der Waals surface area contributed by atoms with Crippen LogP contribution in [0.25, 0.3) is 0 Å². The molecule has 0 atom stereocenters. The van der Waals surface area contributed by atoms with E-state index in [0.29, 0.717) is 17.0 Å². The molecule has 1 aromatic carbocycles.